The first-order valence-electron chi connectivity index (χ1n) is 10.4. The van der Waals surface area contributed by atoms with Crippen LogP contribution in [0.15, 0.2) is 18.3 Å². The zero-order chi connectivity index (χ0) is 23.2. The van der Waals surface area contributed by atoms with E-state index in [0.717, 1.165) is 13.0 Å². The number of hydrogen-bond donors (Lipinski definition) is 2. The van der Waals surface area contributed by atoms with Crippen LogP contribution in [0, 0.1) is 11.8 Å². The van der Waals surface area contributed by atoms with Gasteiger partial charge in [-0.05, 0) is 45.5 Å². The zero-order valence-electron chi connectivity index (χ0n) is 19.0. The van der Waals surface area contributed by atoms with Crippen LogP contribution in [0.5, 0.6) is 0 Å². The van der Waals surface area contributed by atoms with Crippen LogP contribution in [0.4, 0.5) is 5.82 Å². The van der Waals surface area contributed by atoms with Gasteiger partial charge in [0.1, 0.15) is 11.9 Å². The Kier molecular flexibility index (Phi) is 12.3. The monoisotopic (exact) mass is 448 g/mol. The fourth-order valence-electron chi connectivity index (χ4n) is 2.37. The molecule has 0 aliphatic rings. The fourth-order valence-corrected chi connectivity index (χ4v) is 2.51. The van der Waals surface area contributed by atoms with Crippen LogP contribution in [0.3, 0.4) is 0 Å². The van der Waals surface area contributed by atoms with E-state index < -0.39 is 6.04 Å². The van der Waals surface area contributed by atoms with Crippen molar-refractivity contribution >= 4 is 29.2 Å². The molecule has 0 aliphatic carbocycles. The maximum atomic E-state index is 12.3. The summed E-state index contributed by atoms with van der Waals surface area (Å²) in [7, 11) is 5.46. The first-order valence-corrected chi connectivity index (χ1v) is 10.7. The molecule has 0 aliphatic heterocycles. The van der Waals surface area contributed by atoms with Gasteiger partial charge in [-0.15, -0.1) is 0 Å². The Morgan fingerprint density at radius 3 is 2.71 bits per heavy atom. The molecule has 0 spiro atoms. The number of unbranched alkanes of at least 4 members (excludes halogenated alkanes) is 1. The molecule has 9 heteroatoms. The minimum absolute atomic E-state index is 0.178. The third-order valence-electron chi connectivity index (χ3n) is 4.34. The number of nitrogens with zero attached hydrogens (tertiary/aromatic N) is 4. The van der Waals surface area contributed by atoms with Gasteiger partial charge in [0.2, 0.25) is 17.1 Å². The van der Waals surface area contributed by atoms with Crippen molar-refractivity contribution in [3.8, 4) is 11.8 Å². The lowest BCUT2D eigenvalue weighted by atomic mass is 10.2. The SMILES string of the molecule is CCCNc1nc(Cl)ncc1C#CCCCNC(=O)C(C)N(C)C(=O)/C=C/CN(C)C. The minimum Gasteiger partial charge on any atom is -0.369 e. The summed E-state index contributed by atoms with van der Waals surface area (Å²) in [6.45, 7) is 5.69. The summed E-state index contributed by atoms with van der Waals surface area (Å²) in [5.74, 6) is 6.36. The lowest BCUT2D eigenvalue weighted by Gasteiger charge is -2.23. The molecule has 1 unspecified atom stereocenters. The molecule has 0 aromatic carbocycles. The van der Waals surface area contributed by atoms with Crippen LogP contribution in [-0.4, -0.2) is 78.4 Å². The summed E-state index contributed by atoms with van der Waals surface area (Å²) in [5, 5.41) is 6.22. The molecular formula is C22H33ClN6O2. The minimum atomic E-state index is -0.555. The van der Waals surface area contributed by atoms with E-state index in [1.165, 1.54) is 11.0 Å². The van der Waals surface area contributed by atoms with Gasteiger partial charge in [0.25, 0.3) is 0 Å². The van der Waals surface area contributed by atoms with E-state index in [1.54, 1.807) is 26.2 Å². The van der Waals surface area contributed by atoms with Crippen LogP contribution >= 0.6 is 11.6 Å². The number of carbonyl (C=O) groups is 2. The number of anilines is 1. The van der Waals surface area contributed by atoms with E-state index in [-0.39, 0.29) is 17.1 Å². The summed E-state index contributed by atoms with van der Waals surface area (Å²) < 4.78 is 0. The number of hydrogen-bond acceptors (Lipinski definition) is 6. The van der Waals surface area contributed by atoms with Gasteiger partial charge in [-0.3, -0.25) is 9.59 Å². The number of likely N-dealkylation sites (N-methyl/N-ethyl adjacent to an activating group) is 2. The second kappa shape index (κ2) is 14.4. The van der Waals surface area contributed by atoms with E-state index in [4.69, 9.17) is 11.6 Å². The molecule has 1 heterocycles. The van der Waals surface area contributed by atoms with Crippen molar-refractivity contribution in [1.82, 2.24) is 25.1 Å². The Morgan fingerprint density at radius 2 is 2.03 bits per heavy atom. The van der Waals surface area contributed by atoms with Gasteiger partial charge in [-0.25, -0.2) is 4.98 Å². The van der Waals surface area contributed by atoms with Gasteiger partial charge in [0, 0.05) is 45.4 Å². The molecule has 1 aromatic heterocycles. The highest BCUT2D eigenvalue weighted by atomic mass is 35.5. The molecule has 1 atom stereocenters. The van der Waals surface area contributed by atoms with Crippen molar-refractivity contribution in [3.63, 3.8) is 0 Å². The predicted octanol–water partition coefficient (Wildman–Crippen LogP) is 2.16. The second-order valence-corrected chi connectivity index (χ2v) is 7.65. The molecular weight excluding hydrogens is 416 g/mol. The van der Waals surface area contributed by atoms with Crippen molar-refractivity contribution in [2.75, 3.05) is 46.1 Å². The van der Waals surface area contributed by atoms with Crippen LogP contribution in [0.2, 0.25) is 5.28 Å². The third-order valence-corrected chi connectivity index (χ3v) is 4.52. The van der Waals surface area contributed by atoms with Gasteiger partial charge in [-0.1, -0.05) is 24.8 Å². The lowest BCUT2D eigenvalue weighted by Crippen LogP contribution is -2.45. The molecule has 1 aromatic rings. The first kappa shape index (κ1) is 26.4. The average molecular weight is 449 g/mol. The summed E-state index contributed by atoms with van der Waals surface area (Å²) in [6.07, 6.45) is 7.12. The quantitative estimate of drug-likeness (QED) is 0.233. The molecule has 0 fully saturated rings. The second-order valence-electron chi connectivity index (χ2n) is 7.31. The van der Waals surface area contributed by atoms with Crippen LogP contribution in [0.25, 0.3) is 0 Å². The van der Waals surface area contributed by atoms with Crippen LogP contribution < -0.4 is 10.6 Å². The number of halogens is 1. The van der Waals surface area contributed by atoms with Crippen molar-refractivity contribution < 1.29 is 9.59 Å². The summed E-state index contributed by atoms with van der Waals surface area (Å²) in [6, 6.07) is -0.555. The van der Waals surface area contributed by atoms with Crippen molar-refractivity contribution in [2.45, 2.75) is 39.2 Å². The number of aromatic nitrogens is 2. The van der Waals surface area contributed by atoms with Crippen LogP contribution in [0.1, 0.15) is 38.7 Å². The third kappa shape index (κ3) is 10.3. The highest BCUT2D eigenvalue weighted by molar-refractivity contribution is 6.28. The molecule has 170 valence electrons. The largest absolute Gasteiger partial charge is 0.369 e. The van der Waals surface area contributed by atoms with Gasteiger partial charge in [-0.2, -0.15) is 4.98 Å². The Labute approximate surface area is 190 Å². The topological polar surface area (TPSA) is 90.5 Å². The normalized spacial score (nSPS) is 11.7. The van der Waals surface area contributed by atoms with E-state index in [2.05, 4.69) is 39.4 Å². The Morgan fingerprint density at radius 1 is 1.29 bits per heavy atom. The standard InChI is InChI=1S/C22H33ClN6O2/c1-6-13-24-20-18(16-26-22(23)27-20)11-8-7-9-14-25-21(31)17(2)29(5)19(30)12-10-15-28(3)4/h10,12,16-17H,6-7,9,13-15H2,1-5H3,(H,25,31)(H,24,26,27)/b12-10+. The molecule has 2 N–H and O–H groups in total. The van der Waals surface area contributed by atoms with Crippen molar-refractivity contribution in [3.05, 3.63) is 29.2 Å². The van der Waals surface area contributed by atoms with E-state index in [0.29, 0.717) is 37.3 Å². The molecule has 0 saturated carbocycles. The first-order chi connectivity index (χ1) is 14.8. The number of rotatable bonds is 11. The Balaban J connectivity index is 2.44. The van der Waals surface area contributed by atoms with Gasteiger partial charge >= 0.3 is 0 Å². The molecule has 8 nitrogen and oxygen atoms in total. The van der Waals surface area contributed by atoms with Crippen LogP contribution in [-0.2, 0) is 9.59 Å². The van der Waals surface area contributed by atoms with Crippen molar-refractivity contribution in [1.29, 1.82) is 0 Å². The average Bonchev–Trinajstić information content (AvgIpc) is 2.74. The lowest BCUT2D eigenvalue weighted by molar-refractivity contribution is -0.135. The van der Waals surface area contributed by atoms with Gasteiger partial charge < -0.3 is 20.4 Å². The fraction of sp³-hybridized carbons (Fsp3) is 0.545. The van der Waals surface area contributed by atoms with Gasteiger partial charge in [0.05, 0.1) is 5.56 Å². The maximum Gasteiger partial charge on any atom is 0.246 e. The number of carbonyl (C=O) groups excluding carboxylic acids is 2. The van der Waals surface area contributed by atoms with Gasteiger partial charge in [0.15, 0.2) is 0 Å². The molecule has 31 heavy (non-hydrogen) atoms. The Bertz CT molecular complexity index is 816. The van der Waals surface area contributed by atoms with E-state index in [9.17, 15) is 9.59 Å². The predicted molar refractivity (Wildman–Crippen MR) is 125 cm³/mol. The highest BCUT2D eigenvalue weighted by Crippen LogP contribution is 2.13. The highest BCUT2D eigenvalue weighted by Gasteiger charge is 2.20. The molecule has 0 radical (unpaired) electrons. The molecule has 2 amide bonds. The maximum absolute atomic E-state index is 12.3. The number of nitrogens with one attached hydrogen (secondary N) is 2. The molecule has 0 saturated heterocycles. The number of amides is 2. The molecule has 1 rings (SSSR count). The summed E-state index contributed by atoms with van der Waals surface area (Å²) in [4.78, 5) is 35.9. The summed E-state index contributed by atoms with van der Waals surface area (Å²) in [5.41, 5.74) is 0.693. The van der Waals surface area contributed by atoms with E-state index in [1.807, 2.05) is 19.0 Å². The van der Waals surface area contributed by atoms with Crippen molar-refractivity contribution in [2.24, 2.45) is 0 Å². The summed E-state index contributed by atoms with van der Waals surface area (Å²) >= 11 is 5.85. The van der Waals surface area contributed by atoms with E-state index >= 15 is 0 Å². The zero-order valence-corrected chi connectivity index (χ0v) is 19.8. The Hall–Kier alpha value is -2.63. The smallest absolute Gasteiger partial charge is 0.246 e. The molecule has 0 bridgehead atoms.